The Labute approximate surface area is 113 Å². The molecule has 3 rings (SSSR count). The van der Waals surface area contributed by atoms with Crippen LogP contribution in [0, 0.1) is 11.3 Å². The van der Waals surface area contributed by atoms with Crippen LogP contribution in [0.1, 0.15) is 26.2 Å². The lowest BCUT2D eigenvalue weighted by Gasteiger charge is -2.34. The SMILES string of the molecule is CCOC(=O)C1CC12CCCN(c1ccccn1)C2. The van der Waals surface area contributed by atoms with Gasteiger partial charge in [0, 0.05) is 24.7 Å². The molecule has 4 nitrogen and oxygen atoms in total. The molecule has 2 heterocycles. The maximum atomic E-state index is 11.9. The molecule has 2 atom stereocenters. The van der Waals surface area contributed by atoms with Crippen LogP contribution in [-0.2, 0) is 9.53 Å². The van der Waals surface area contributed by atoms with Crippen LogP contribution in [0.25, 0.3) is 0 Å². The molecular formula is C15H20N2O2. The number of rotatable bonds is 3. The fraction of sp³-hybridized carbons (Fsp3) is 0.600. The van der Waals surface area contributed by atoms with E-state index in [0.717, 1.165) is 38.2 Å². The van der Waals surface area contributed by atoms with E-state index < -0.39 is 0 Å². The summed E-state index contributed by atoms with van der Waals surface area (Å²) in [5.41, 5.74) is 0.155. The van der Waals surface area contributed by atoms with E-state index in [4.69, 9.17) is 4.74 Å². The van der Waals surface area contributed by atoms with E-state index in [1.165, 1.54) is 0 Å². The van der Waals surface area contributed by atoms with Crippen molar-refractivity contribution in [2.75, 3.05) is 24.6 Å². The lowest BCUT2D eigenvalue weighted by molar-refractivity contribution is -0.145. The molecule has 4 heteroatoms. The highest BCUT2D eigenvalue weighted by Gasteiger charge is 2.60. The fourth-order valence-electron chi connectivity index (χ4n) is 3.27. The number of anilines is 1. The van der Waals surface area contributed by atoms with Gasteiger partial charge in [-0.25, -0.2) is 4.98 Å². The van der Waals surface area contributed by atoms with Crippen LogP contribution in [0.15, 0.2) is 24.4 Å². The Bertz CT molecular complexity index is 462. The van der Waals surface area contributed by atoms with Gasteiger partial charge in [0.1, 0.15) is 5.82 Å². The fourth-order valence-corrected chi connectivity index (χ4v) is 3.27. The van der Waals surface area contributed by atoms with Crippen LogP contribution >= 0.6 is 0 Å². The predicted octanol–water partition coefficient (Wildman–Crippen LogP) is 2.25. The van der Waals surface area contributed by atoms with Crippen LogP contribution in [-0.4, -0.2) is 30.6 Å². The first-order valence-electron chi connectivity index (χ1n) is 7.08. The Kier molecular flexibility index (Phi) is 3.17. The molecule has 0 radical (unpaired) electrons. The maximum Gasteiger partial charge on any atom is 0.309 e. The van der Waals surface area contributed by atoms with Crippen molar-refractivity contribution in [3.63, 3.8) is 0 Å². The average molecular weight is 260 g/mol. The van der Waals surface area contributed by atoms with Crippen molar-refractivity contribution >= 4 is 11.8 Å². The number of carbonyl (C=O) groups is 1. The maximum absolute atomic E-state index is 11.9. The predicted molar refractivity (Wildman–Crippen MR) is 72.9 cm³/mol. The van der Waals surface area contributed by atoms with Gasteiger partial charge in [0.2, 0.25) is 0 Å². The summed E-state index contributed by atoms with van der Waals surface area (Å²) in [6.07, 6.45) is 5.08. The van der Waals surface area contributed by atoms with Crippen molar-refractivity contribution < 1.29 is 9.53 Å². The first kappa shape index (κ1) is 12.5. The van der Waals surface area contributed by atoms with Gasteiger partial charge in [0.25, 0.3) is 0 Å². The second-order valence-electron chi connectivity index (χ2n) is 5.58. The first-order valence-corrected chi connectivity index (χ1v) is 7.08. The zero-order chi connectivity index (χ0) is 13.3. The van der Waals surface area contributed by atoms with Gasteiger partial charge >= 0.3 is 5.97 Å². The molecule has 0 aromatic carbocycles. The molecule has 1 saturated carbocycles. The van der Waals surface area contributed by atoms with Gasteiger partial charge < -0.3 is 9.64 Å². The number of pyridine rings is 1. The third-order valence-corrected chi connectivity index (χ3v) is 4.34. The van der Waals surface area contributed by atoms with Crippen molar-refractivity contribution in [1.82, 2.24) is 4.98 Å². The quantitative estimate of drug-likeness (QED) is 0.782. The minimum atomic E-state index is -0.00892. The second kappa shape index (κ2) is 4.83. The Morgan fingerprint density at radius 1 is 1.58 bits per heavy atom. The smallest absolute Gasteiger partial charge is 0.309 e. The number of esters is 1. The molecule has 1 aromatic heterocycles. The molecule has 2 aliphatic rings. The normalized spacial score (nSPS) is 29.3. The van der Waals surface area contributed by atoms with E-state index in [-0.39, 0.29) is 17.3 Å². The molecule has 1 saturated heterocycles. The molecule has 2 fully saturated rings. The second-order valence-corrected chi connectivity index (χ2v) is 5.58. The van der Waals surface area contributed by atoms with Gasteiger partial charge in [-0.05, 0) is 38.3 Å². The molecule has 19 heavy (non-hydrogen) atoms. The van der Waals surface area contributed by atoms with Gasteiger partial charge in [0.15, 0.2) is 0 Å². The zero-order valence-electron chi connectivity index (χ0n) is 11.3. The summed E-state index contributed by atoms with van der Waals surface area (Å²) in [4.78, 5) is 18.6. The van der Waals surface area contributed by atoms with Crippen molar-refractivity contribution in [2.24, 2.45) is 11.3 Å². The number of hydrogen-bond acceptors (Lipinski definition) is 4. The van der Waals surface area contributed by atoms with Crippen LogP contribution in [0.3, 0.4) is 0 Å². The summed E-state index contributed by atoms with van der Waals surface area (Å²) in [6, 6.07) is 5.99. The van der Waals surface area contributed by atoms with Gasteiger partial charge in [-0.15, -0.1) is 0 Å². The molecule has 2 unspecified atom stereocenters. The third kappa shape index (κ3) is 2.31. The van der Waals surface area contributed by atoms with E-state index in [9.17, 15) is 4.79 Å². The summed E-state index contributed by atoms with van der Waals surface area (Å²) in [5.74, 6) is 1.13. The number of nitrogens with zero attached hydrogens (tertiary/aromatic N) is 2. The van der Waals surface area contributed by atoms with E-state index in [0.29, 0.717) is 6.61 Å². The highest BCUT2D eigenvalue weighted by atomic mass is 16.5. The molecule has 102 valence electrons. The Morgan fingerprint density at radius 2 is 2.47 bits per heavy atom. The van der Waals surface area contributed by atoms with Crippen molar-refractivity contribution in [3.05, 3.63) is 24.4 Å². The summed E-state index contributed by atoms with van der Waals surface area (Å²) < 4.78 is 5.16. The van der Waals surface area contributed by atoms with Crippen LogP contribution in [0.4, 0.5) is 5.82 Å². The Morgan fingerprint density at radius 3 is 3.21 bits per heavy atom. The monoisotopic (exact) mass is 260 g/mol. The minimum absolute atomic E-state index is 0.00892. The van der Waals surface area contributed by atoms with Crippen molar-refractivity contribution in [1.29, 1.82) is 0 Å². The standard InChI is InChI=1S/C15H20N2O2/c1-2-19-14(18)12-10-15(12)7-5-9-17(11-15)13-6-3-4-8-16-13/h3-4,6,8,12H,2,5,7,9-11H2,1H3. The summed E-state index contributed by atoms with van der Waals surface area (Å²) in [5, 5.41) is 0. The minimum Gasteiger partial charge on any atom is -0.466 e. The average Bonchev–Trinajstić information content (AvgIpc) is 3.13. The number of ether oxygens (including phenoxy) is 1. The van der Waals surface area contributed by atoms with Gasteiger partial charge in [-0.1, -0.05) is 6.07 Å². The highest BCUT2D eigenvalue weighted by molar-refractivity contribution is 5.77. The molecule has 1 spiro atoms. The molecule has 1 aromatic rings. The van der Waals surface area contributed by atoms with Crippen LogP contribution in [0.5, 0.6) is 0 Å². The number of carbonyl (C=O) groups excluding carboxylic acids is 1. The lowest BCUT2D eigenvalue weighted by Crippen LogP contribution is -2.38. The van der Waals surface area contributed by atoms with E-state index in [1.807, 2.05) is 31.3 Å². The number of piperidine rings is 1. The van der Waals surface area contributed by atoms with Crippen LogP contribution < -0.4 is 4.90 Å². The van der Waals surface area contributed by atoms with E-state index in [1.54, 1.807) is 0 Å². The molecule has 0 bridgehead atoms. The Balaban J connectivity index is 1.68. The summed E-state index contributed by atoms with van der Waals surface area (Å²) in [6.45, 7) is 4.32. The van der Waals surface area contributed by atoms with Gasteiger partial charge in [-0.3, -0.25) is 4.79 Å². The molecule has 1 aliphatic heterocycles. The van der Waals surface area contributed by atoms with Gasteiger partial charge in [-0.2, -0.15) is 0 Å². The summed E-state index contributed by atoms with van der Waals surface area (Å²) in [7, 11) is 0. The first-order chi connectivity index (χ1) is 9.25. The lowest BCUT2D eigenvalue weighted by atomic mass is 9.92. The van der Waals surface area contributed by atoms with E-state index >= 15 is 0 Å². The number of hydrogen-bond donors (Lipinski definition) is 0. The summed E-state index contributed by atoms with van der Waals surface area (Å²) >= 11 is 0. The molecule has 0 N–H and O–H groups in total. The zero-order valence-corrected chi connectivity index (χ0v) is 11.3. The highest BCUT2D eigenvalue weighted by Crippen LogP contribution is 2.58. The van der Waals surface area contributed by atoms with Crippen LogP contribution in [0.2, 0.25) is 0 Å². The molecule has 1 aliphatic carbocycles. The van der Waals surface area contributed by atoms with Crippen molar-refractivity contribution in [3.8, 4) is 0 Å². The van der Waals surface area contributed by atoms with E-state index in [2.05, 4.69) is 9.88 Å². The Hall–Kier alpha value is -1.58. The van der Waals surface area contributed by atoms with Crippen molar-refractivity contribution in [2.45, 2.75) is 26.2 Å². The molecule has 0 amide bonds. The largest absolute Gasteiger partial charge is 0.466 e. The molecular weight excluding hydrogens is 240 g/mol. The topological polar surface area (TPSA) is 42.4 Å². The van der Waals surface area contributed by atoms with Gasteiger partial charge in [0.05, 0.1) is 12.5 Å². The number of aromatic nitrogens is 1. The third-order valence-electron chi connectivity index (χ3n) is 4.34.